The van der Waals surface area contributed by atoms with E-state index in [2.05, 4.69) is 34.9 Å². The van der Waals surface area contributed by atoms with Crippen molar-refractivity contribution in [1.82, 2.24) is 10.6 Å². The molecule has 2 aliphatic carbocycles. The lowest BCUT2D eigenvalue weighted by Crippen LogP contribution is -2.47. The molecule has 0 atom stereocenters. The highest BCUT2D eigenvalue weighted by Gasteiger charge is 2.40. The number of ether oxygens (including phenoxy) is 1. The zero-order valence-corrected chi connectivity index (χ0v) is 19.7. The molecular weight excluding hydrogens is 432 g/mol. The van der Waals surface area contributed by atoms with Crippen LogP contribution < -0.4 is 10.6 Å². The van der Waals surface area contributed by atoms with Gasteiger partial charge < -0.3 is 20.5 Å². The third-order valence-corrected chi connectivity index (χ3v) is 7.21. The van der Waals surface area contributed by atoms with Crippen molar-refractivity contribution in [1.29, 1.82) is 0 Å². The number of carbonyl (C=O) groups excluding carboxylic acids is 2. The van der Waals surface area contributed by atoms with Gasteiger partial charge in [0.25, 0.3) is 0 Å². The van der Waals surface area contributed by atoms with Gasteiger partial charge >= 0.3 is 12.1 Å². The fraction of sp³-hybridized carbons (Fsp3) is 0.444. The fourth-order valence-electron chi connectivity index (χ4n) is 4.80. The number of carbonyl (C=O) groups is 3. The molecular formula is C27H32N2O5. The molecule has 2 aromatic rings. The lowest BCUT2D eigenvalue weighted by Gasteiger charge is -2.41. The minimum Gasteiger partial charge on any atom is -0.481 e. The number of fused-ring (bicyclic) bond motifs is 3. The second-order valence-electron chi connectivity index (χ2n) is 10.2. The number of carboxylic acids is 1. The third-order valence-electron chi connectivity index (χ3n) is 7.21. The summed E-state index contributed by atoms with van der Waals surface area (Å²) >= 11 is 0. The first-order chi connectivity index (χ1) is 16.2. The van der Waals surface area contributed by atoms with Gasteiger partial charge in [0.1, 0.15) is 6.61 Å². The van der Waals surface area contributed by atoms with Crippen LogP contribution in [-0.2, 0) is 14.3 Å². The lowest BCUT2D eigenvalue weighted by molar-refractivity contribution is -0.146. The van der Waals surface area contributed by atoms with Gasteiger partial charge in [-0.05, 0) is 54.4 Å². The zero-order chi connectivity index (χ0) is 24.3. The summed E-state index contributed by atoms with van der Waals surface area (Å²) in [6.07, 6.45) is 2.45. The molecule has 34 heavy (non-hydrogen) atoms. The molecule has 4 rings (SSSR count). The Morgan fingerprint density at radius 1 is 1.00 bits per heavy atom. The van der Waals surface area contributed by atoms with Gasteiger partial charge in [0.05, 0.1) is 5.41 Å². The van der Waals surface area contributed by atoms with Crippen LogP contribution in [0.15, 0.2) is 48.5 Å². The maximum atomic E-state index is 12.5. The number of aliphatic carboxylic acids is 1. The molecule has 2 aromatic carbocycles. The first kappa shape index (κ1) is 23.8. The van der Waals surface area contributed by atoms with E-state index >= 15 is 0 Å². The van der Waals surface area contributed by atoms with Crippen LogP contribution >= 0.6 is 0 Å². The molecule has 7 heteroatoms. The SMILES string of the molecule is CC(C)(CNC(=O)CC1(CNC(=O)OCC2c3ccccc3-c3ccccc32)CCC1)C(=O)O. The van der Waals surface area contributed by atoms with Gasteiger partial charge in [0.2, 0.25) is 5.91 Å². The van der Waals surface area contributed by atoms with E-state index in [0.29, 0.717) is 6.54 Å². The molecule has 2 aliphatic rings. The van der Waals surface area contributed by atoms with E-state index in [0.717, 1.165) is 30.4 Å². The standard InChI is InChI=1S/C27H32N2O5/c1-26(2,24(31)32)16-28-23(30)14-27(12-7-13-27)17-29-25(33)34-15-22-20-10-5-3-8-18(20)19-9-4-6-11-21(19)22/h3-6,8-11,22H,7,12-17H2,1-2H3,(H,28,30)(H,29,33)(H,31,32). The summed E-state index contributed by atoms with van der Waals surface area (Å²) in [6.45, 7) is 3.83. The predicted molar refractivity (Wildman–Crippen MR) is 128 cm³/mol. The average molecular weight is 465 g/mol. The van der Waals surface area contributed by atoms with Crippen molar-refractivity contribution >= 4 is 18.0 Å². The van der Waals surface area contributed by atoms with Crippen LogP contribution in [0.5, 0.6) is 0 Å². The quantitative estimate of drug-likeness (QED) is 0.513. The Morgan fingerprint density at radius 2 is 1.59 bits per heavy atom. The number of nitrogens with one attached hydrogen (secondary N) is 2. The van der Waals surface area contributed by atoms with Crippen molar-refractivity contribution in [3.8, 4) is 11.1 Å². The molecule has 1 fully saturated rings. The van der Waals surface area contributed by atoms with E-state index in [4.69, 9.17) is 4.74 Å². The van der Waals surface area contributed by atoms with Crippen molar-refractivity contribution in [3.05, 3.63) is 59.7 Å². The molecule has 0 radical (unpaired) electrons. The highest BCUT2D eigenvalue weighted by Crippen LogP contribution is 2.45. The van der Waals surface area contributed by atoms with Crippen molar-refractivity contribution in [2.75, 3.05) is 19.7 Å². The largest absolute Gasteiger partial charge is 0.481 e. The van der Waals surface area contributed by atoms with Gasteiger partial charge in [-0.25, -0.2) is 4.79 Å². The molecule has 2 amide bonds. The molecule has 0 bridgehead atoms. The van der Waals surface area contributed by atoms with Crippen LogP contribution in [0.2, 0.25) is 0 Å². The number of hydrogen-bond acceptors (Lipinski definition) is 4. The number of benzene rings is 2. The molecule has 0 spiro atoms. The summed E-state index contributed by atoms with van der Waals surface area (Å²) in [5, 5.41) is 14.8. The summed E-state index contributed by atoms with van der Waals surface area (Å²) in [4.78, 5) is 36.2. The molecule has 0 unspecified atom stereocenters. The molecule has 180 valence electrons. The number of carboxylic acid groups (broad SMARTS) is 1. The Morgan fingerprint density at radius 3 is 2.12 bits per heavy atom. The summed E-state index contributed by atoms with van der Waals surface area (Å²) in [7, 11) is 0. The Kier molecular flexibility index (Phi) is 6.64. The van der Waals surface area contributed by atoms with Gasteiger partial charge in [-0.1, -0.05) is 55.0 Å². The second-order valence-corrected chi connectivity index (χ2v) is 10.2. The Balaban J connectivity index is 1.29. The van der Waals surface area contributed by atoms with E-state index in [-0.39, 0.29) is 36.8 Å². The van der Waals surface area contributed by atoms with Crippen molar-refractivity contribution in [2.24, 2.45) is 10.8 Å². The topological polar surface area (TPSA) is 105 Å². The maximum absolute atomic E-state index is 12.5. The zero-order valence-electron chi connectivity index (χ0n) is 19.7. The van der Waals surface area contributed by atoms with Crippen molar-refractivity contribution in [3.63, 3.8) is 0 Å². The number of rotatable bonds is 9. The Labute approximate surface area is 199 Å². The second kappa shape index (κ2) is 9.49. The molecule has 0 heterocycles. The minimum atomic E-state index is -1.03. The maximum Gasteiger partial charge on any atom is 0.407 e. The van der Waals surface area contributed by atoms with Crippen LogP contribution in [0.25, 0.3) is 11.1 Å². The molecule has 0 aromatic heterocycles. The van der Waals surface area contributed by atoms with E-state index in [9.17, 15) is 19.5 Å². The minimum absolute atomic E-state index is 0.000759. The first-order valence-corrected chi connectivity index (χ1v) is 11.8. The van der Waals surface area contributed by atoms with Gasteiger partial charge in [-0.3, -0.25) is 9.59 Å². The predicted octanol–water partition coefficient (Wildman–Crippen LogP) is 4.31. The molecule has 1 saturated carbocycles. The van der Waals surface area contributed by atoms with Crippen LogP contribution in [0.1, 0.15) is 56.6 Å². The summed E-state index contributed by atoms with van der Waals surface area (Å²) < 4.78 is 5.61. The summed E-state index contributed by atoms with van der Waals surface area (Å²) in [6, 6.07) is 16.4. The average Bonchev–Trinajstić information content (AvgIpc) is 3.11. The van der Waals surface area contributed by atoms with Gasteiger partial charge in [-0.15, -0.1) is 0 Å². The number of amides is 2. The summed E-state index contributed by atoms with van der Waals surface area (Å²) in [5.74, 6) is -1.15. The lowest BCUT2D eigenvalue weighted by atomic mass is 9.66. The molecule has 0 aliphatic heterocycles. The van der Waals surface area contributed by atoms with E-state index in [1.54, 1.807) is 13.8 Å². The highest BCUT2D eigenvalue weighted by molar-refractivity contribution is 5.80. The van der Waals surface area contributed by atoms with Crippen molar-refractivity contribution in [2.45, 2.75) is 45.4 Å². The van der Waals surface area contributed by atoms with E-state index < -0.39 is 17.5 Å². The van der Waals surface area contributed by atoms with Crippen LogP contribution in [0, 0.1) is 10.8 Å². The van der Waals surface area contributed by atoms with Crippen molar-refractivity contribution < 1.29 is 24.2 Å². The van der Waals surface area contributed by atoms with Crippen LogP contribution in [0.4, 0.5) is 4.79 Å². The monoisotopic (exact) mass is 464 g/mol. The summed E-state index contributed by atoms with van der Waals surface area (Å²) in [5.41, 5.74) is 3.35. The number of alkyl carbamates (subject to hydrolysis) is 1. The fourth-order valence-corrected chi connectivity index (χ4v) is 4.80. The molecule has 0 saturated heterocycles. The van der Waals surface area contributed by atoms with Crippen LogP contribution in [0.3, 0.4) is 0 Å². The Bertz CT molecular complexity index is 1040. The van der Waals surface area contributed by atoms with Gasteiger partial charge in [0.15, 0.2) is 0 Å². The molecule has 3 N–H and O–H groups in total. The smallest absolute Gasteiger partial charge is 0.407 e. The van der Waals surface area contributed by atoms with Crippen LogP contribution in [-0.4, -0.2) is 42.8 Å². The van der Waals surface area contributed by atoms with E-state index in [1.165, 1.54) is 11.1 Å². The number of hydrogen-bond donors (Lipinski definition) is 3. The first-order valence-electron chi connectivity index (χ1n) is 11.8. The van der Waals surface area contributed by atoms with E-state index in [1.807, 2.05) is 24.3 Å². The normalized spacial score (nSPS) is 16.1. The highest BCUT2D eigenvalue weighted by atomic mass is 16.5. The van der Waals surface area contributed by atoms with Gasteiger partial charge in [-0.2, -0.15) is 0 Å². The Hall–Kier alpha value is -3.35. The third kappa shape index (κ3) is 4.93. The van der Waals surface area contributed by atoms with Gasteiger partial charge in [0, 0.05) is 25.4 Å². The molecule has 7 nitrogen and oxygen atoms in total.